The van der Waals surface area contributed by atoms with Crippen LogP contribution in [0.5, 0.6) is 0 Å². The van der Waals surface area contributed by atoms with E-state index in [1.165, 1.54) is 0 Å². The molecule has 0 aliphatic heterocycles. The van der Waals surface area contributed by atoms with Gasteiger partial charge in [-0.2, -0.15) is 0 Å². The van der Waals surface area contributed by atoms with Crippen LogP contribution in [-0.4, -0.2) is 244 Å². The fourth-order valence-corrected chi connectivity index (χ4v) is 0. The first-order chi connectivity index (χ1) is 0. The first-order valence-electron chi connectivity index (χ1n) is 0. The van der Waals surface area contributed by atoms with E-state index in [2.05, 4.69) is 0 Å². The third kappa shape index (κ3) is 643. The molecule has 0 aromatic rings. The molecule has 58 heteroatoms. The molecule has 0 spiro atoms. The smallest absolute Gasteiger partial charge is 0 e. The Balaban J connectivity index is 0. The maximum absolute atomic E-state index is 0. The zero-order valence-electron chi connectivity index (χ0n) is 23.5. The molecular weight excluding hydrogens is 4200 g/mol. The van der Waals surface area contributed by atoms with Gasteiger partial charge in [0.2, 0.25) is 0 Å². The first-order valence-corrected chi connectivity index (χ1v) is 0. The third-order valence-corrected chi connectivity index (χ3v) is 0. The molecule has 38 radical (unpaired) electrons. The minimum atomic E-state index is 0. The van der Waals surface area contributed by atoms with Crippen LogP contribution < -0.4 is 0 Å². The van der Waals surface area contributed by atoms with E-state index in [0.29, 0.717) is 0 Å². The van der Waals surface area contributed by atoms with E-state index in [0.717, 1.165) is 0 Å². The van der Waals surface area contributed by atoms with Crippen LogP contribution >= 0.6 is 0 Å². The summed E-state index contributed by atoms with van der Waals surface area (Å²) < 4.78 is 0. The van der Waals surface area contributed by atoms with Gasteiger partial charge in [-0.15, -0.1) is 0 Å². The molecule has 0 aromatic carbocycles. The van der Waals surface area contributed by atoms with Crippen molar-refractivity contribution in [1.82, 2.24) is 0 Å². The number of rotatable bonds is 0. The van der Waals surface area contributed by atoms with Crippen molar-refractivity contribution in [2.24, 2.45) is 0 Å². The predicted octanol–water partition coefficient (Wildman–Crippen LogP) is -13.3. The minimum Gasteiger partial charge on any atom is 0 e. The Morgan fingerprint density at radius 2 is 0.103 bits per heavy atom. The third-order valence-electron chi connectivity index (χ3n) is 0. The van der Waals surface area contributed by atoms with Crippen molar-refractivity contribution in [1.29, 1.82) is 0 Å². The van der Waals surface area contributed by atoms with Gasteiger partial charge in [0.25, 0.3) is 0 Å². The van der Waals surface area contributed by atoms with Crippen molar-refractivity contribution in [3.05, 3.63) is 0 Å². The quantitative estimate of drug-likeness (QED) is 0.128. The Kier molecular flexibility index (Phi) is 7900. The first kappa shape index (κ1) is 688. The van der Waals surface area contributed by atoms with E-state index in [1.54, 1.807) is 0 Å². The SMILES string of the molecule is [Ag+].[Ag+].[Ag+].[Ag+].[Ag+].[Ag].[Ag].[Ag].[Ag].[Ag].[Ag].[Ag].[Ag].[Ag].[Ag].[Ag].[Ag].[Ag].[Ag].[SH-].[SH-].[SH-].[SH-].[SH-].[SH-].[SH-].[SH-].[SH-].[SH-].[SH-].[SH-].[SH-].[SH-].[SH-].[SH-].[SH-].[SH-].[SH-].[SH-].[SH-].[SH-].[SH-].[SH-].[SH-].[SH-].[SH-].[SH-].[SH-].[SbH2].[SbH2].[SbH].[SbH].[Sb].[Sb].[Sb].[Sb].[Sb].[Sb]. The second kappa shape index (κ2) is 666. The van der Waals surface area contributed by atoms with Crippen molar-refractivity contribution in [3.8, 4) is 0 Å². The zero-order chi connectivity index (χ0) is 0. The van der Waals surface area contributed by atoms with Gasteiger partial charge < -0.3 is 391 Å². The molecule has 0 aliphatic carbocycles. The molecule has 0 amide bonds. The van der Waals surface area contributed by atoms with Crippen LogP contribution in [0.1, 0.15) is 0 Å². The van der Waals surface area contributed by atoms with Crippen LogP contribution in [0.2, 0.25) is 0 Å². The molecule has 0 unspecified atom stereocenters. The van der Waals surface area contributed by atoms with E-state index in [4.69, 9.17) is 0 Å². The fraction of sp³-hybridized carbons (Fsp3) is 0. The molecule has 492 valence electrons. The van der Waals surface area contributed by atoms with E-state index >= 15 is 0 Å². The summed E-state index contributed by atoms with van der Waals surface area (Å²) >= 11 is 0. The van der Waals surface area contributed by atoms with Crippen molar-refractivity contribution in [2.45, 2.75) is 0 Å². The maximum atomic E-state index is 0. The molecule has 58 heavy (non-hydrogen) atoms. The Bertz CT molecular complexity index is 85.0. The average Bonchev–Trinajstić information content (AvgIpc) is 0. The van der Waals surface area contributed by atoms with Crippen molar-refractivity contribution >= 4 is 636 Å². The molecule has 0 N–H and O–H groups in total. The van der Waals surface area contributed by atoms with Crippen molar-refractivity contribution < 1.29 is 425 Å². The summed E-state index contributed by atoms with van der Waals surface area (Å²) in [5, 5.41) is 0. The molecule has 0 aromatic heterocycles. The van der Waals surface area contributed by atoms with Gasteiger partial charge in [-0.25, -0.2) is 0 Å². The summed E-state index contributed by atoms with van der Waals surface area (Å²) in [6.45, 7) is 0. The average molecular weight is 4230 g/mol. The van der Waals surface area contributed by atoms with Gasteiger partial charge >= 0.3 is 210 Å². The summed E-state index contributed by atoms with van der Waals surface area (Å²) in [6.07, 6.45) is 0. The zero-order valence-corrected chi connectivity index (χ0v) is 105. The van der Waals surface area contributed by atoms with Crippen LogP contribution in [0.3, 0.4) is 0 Å². The molecule has 0 rings (SSSR count). The largest absolute Gasteiger partial charge is 0 e. The second-order valence-corrected chi connectivity index (χ2v) is 0. The molecule has 0 fully saturated rings. The van der Waals surface area contributed by atoms with Gasteiger partial charge in [-0.1, -0.05) is 0 Å². The van der Waals surface area contributed by atoms with Gasteiger partial charge in [-0.05, 0) is 0 Å². The van der Waals surface area contributed by atoms with Crippen LogP contribution in [0.15, 0.2) is 0 Å². The summed E-state index contributed by atoms with van der Waals surface area (Å²) in [6, 6.07) is 0. The van der Waals surface area contributed by atoms with Crippen LogP contribution in [-0.2, 0) is 817 Å². The van der Waals surface area contributed by atoms with Crippen molar-refractivity contribution in [2.75, 3.05) is 0 Å². The second-order valence-electron chi connectivity index (χ2n) is 0. The minimum absolute atomic E-state index is 0. The van der Waals surface area contributed by atoms with E-state index in [9.17, 15) is 0 Å². The van der Waals surface area contributed by atoms with Gasteiger partial charge in [0.15, 0.2) is 0 Å². The number of thiol groups is 29. The molecule has 0 nitrogen and oxygen atoms in total. The molecule has 0 bridgehead atoms. The Labute approximate surface area is 1030 Å². The molecule has 0 saturated heterocycles. The monoisotopic (exact) mass is 4200 g/mol. The summed E-state index contributed by atoms with van der Waals surface area (Å²) in [4.78, 5) is 0. The van der Waals surface area contributed by atoms with Crippen LogP contribution in [0.4, 0.5) is 0 Å². The van der Waals surface area contributed by atoms with Gasteiger partial charge in [0.05, 0.1) is 0 Å². The van der Waals surface area contributed by atoms with Crippen LogP contribution in [0, 0.1) is 0 Å². The predicted molar refractivity (Wildman–Crippen MR) is 320 cm³/mol. The summed E-state index contributed by atoms with van der Waals surface area (Å²) in [5.74, 6) is 0. The van der Waals surface area contributed by atoms with Gasteiger partial charge in [-0.3, -0.25) is 0 Å². The number of hydrogen-bond donors (Lipinski definition) is 0. The Hall–Kier alpha value is 32.4. The van der Waals surface area contributed by atoms with Gasteiger partial charge in [0, 0.05) is 460 Å². The molecule has 0 heterocycles. The van der Waals surface area contributed by atoms with Crippen molar-refractivity contribution in [3.63, 3.8) is 0 Å². The summed E-state index contributed by atoms with van der Waals surface area (Å²) in [5.41, 5.74) is 0. The van der Waals surface area contributed by atoms with E-state index in [-0.39, 0.29) is 1060 Å². The van der Waals surface area contributed by atoms with Crippen LogP contribution in [0.25, 0.3) is 0 Å². The van der Waals surface area contributed by atoms with E-state index in [1.807, 2.05) is 0 Å². The maximum Gasteiger partial charge on any atom is 0 e. The summed E-state index contributed by atoms with van der Waals surface area (Å²) in [7, 11) is 0. The molecule has 0 atom stereocenters. The molecular formula is H35Ag19S29Sb10-24. The Morgan fingerprint density at radius 3 is 0.103 bits per heavy atom. The Morgan fingerprint density at radius 1 is 0.103 bits per heavy atom. The van der Waals surface area contributed by atoms with E-state index < -0.39 is 0 Å². The normalized spacial score (nSPS) is 0. The topological polar surface area (TPSA) is 0 Å². The standard InChI is InChI=1S/19Ag.29H2S.10Sb.6H/h;;;;;;;;;;;;;;;;;;;29*1H2;;;;;;;;;;;;;;;;/q;;;;;;;;;;;;;;5*+1;;;;;;;;;;;;;;;;;;;;;;;;;;;;;;;;;;;;;;;;;;;;;/p-29. The molecule has 0 aliphatic rings. The molecule has 0 saturated carbocycles. The van der Waals surface area contributed by atoms with Gasteiger partial charge in [0.1, 0.15) is 0 Å². The number of hydrogen-bond acceptors (Lipinski definition) is 29. The fourth-order valence-electron chi connectivity index (χ4n) is 0.